The molecule has 4 rings (SSSR count). The largest absolute Gasteiger partial charge is 0.497 e. The first kappa shape index (κ1) is 21.7. The molecule has 0 aliphatic carbocycles. The minimum Gasteiger partial charge on any atom is -0.497 e. The van der Waals surface area contributed by atoms with Gasteiger partial charge in [-0.05, 0) is 60.3 Å². The van der Waals surface area contributed by atoms with Crippen LogP contribution in [0.5, 0.6) is 5.75 Å². The number of amides is 3. The summed E-state index contributed by atoms with van der Waals surface area (Å²) in [5.74, 6) is 0.603. The van der Waals surface area contributed by atoms with Gasteiger partial charge < -0.3 is 14.5 Å². The third-order valence-corrected chi connectivity index (χ3v) is 5.70. The summed E-state index contributed by atoms with van der Waals surface area (Å²) in [6.07, 6.45) is 1.49. The molecule has 162 valence electrons. The fraction of sp³-hybridized carbons (Fsp3) is 0.0870. The SMILES string of the molecule is COc1ccc(NC(=O)CN2C(=O)S/C(=C/c3ccc(-c4cccc(Cl)c4)o3)C2=O)cc1. The van der Waals surface area contributed by atoms with E-state index >= 15 is 0 Å². The second kappa shape index (κ2) is 9.33. The number of ether oxygens (including phenoxy) is 1. The van der Waals surface area contributed by atoms with E-state index in [1.165, 1.54) is 6.08 Å². The lowest BCUT2D eigenvalue weighted by Crippen LogP contribution is -2.36. The molecule has 2 heterocycles. The van der Waals surface area contributed by atoms with Crippen LogP contribution in [0.15, 0.2) is 70.0 Å². The number of methoxy groups -OCH3 is 1. The third-order valence-electron chi connectivity index (χ3n) is 4.56. The van der Waals surface area contributed by atoms with Gasteiger partial charge in [0.2, 0.25) is 5.91 Å². The van der Waals surface area contributed by atoms with Crippen LogP contribution in [-0.4, -0.2) is 35.6 Å². The number of hydrogen-bond donors (Lipinski definition) is 1. The molecule has 3 aromatic rings. The van der Waals surface area contributed by atoms with E-state index in [9.17, 15) is 14.4 Å². The second-order valence-corrected chi connectivity index (χ2v) is 8.19. The summed E-state index contributed by atoms with van der Waals surface area (Å²) in [6.45, 7) is -0.389. The fourth-order valence-corrected chi connectivity index (χ4v) is 4.02. The Balaban J connectivity index is 1.43. The maximum absolute atomic E-state index is 12.7. The molecule has 0 unspecified atom stereocenters. The fourth-order valence-electron chi connectivity index (χ4n) is 3.01. The smallest absolute Gasteiger partial charge is 0.294 e. The van der Waals surface area contributed by atoms with Gasteiger partial charge in [0.05, 0.1) is 12.0 Å². The lowest BCUT2D eigenvalue weighted by atomic mass is 10.2. The zero-order chi connectivity index (χ0) is 22.7. The Bertz CT molecular complexity index is 1220. The van der Waals surface area contributed by atoms with Gasteiger partial charge in [-0.2, -0.15) is 0 Å². The number of carbonyl (C=O) groups excluding carboxylic acids is 3. The molecule has 0 saturated carbocycles. The van der Waals surface area contributed by atoms with Crippen LogP contribution < -0.4 is 10.1 Å². The molecule has 0 bridgehead atoms. The number of benzene rings is 2. The van der Waals surface area contributed by atoms with Crippen molar-refractivity contribution in [1.82, 2.24) is 4.90 Å². The van der Waals surface area contributed by atoms with E-state index in [1.807, 2.05) is 12.1 Å². The van der Waals surface area contributed by atoms with E-state index in [2.05, 4.69) is 5.32 Å². The Hall–Kier alpha value is -3.49. The highest BCUT2D eigenvalue weighted by molar-refractivity contribution is 8.18. The van der Waals surface area contributed by atoms with Crippen LogP contribution in [0.3, 0.4) is 0 Å². The molecular weight excluding hydrogens is 452 g/mol. The summed E-state index contributed by atoms with van der Waals surface area (Å²) in [6, 6.07) is 17.3. The normalized spacial score (nSPS) is 14.8. The highest BCUT2D eigenvalue weighted by Crippen LogP contribution is 2.33. The lowest BCUT2D eigenvalue weighted by Gasteiger charge is -2.12. The topological polar surface area (TPSA) is 88.8 Å². The van der Waals surface area contributed by atoms with Gasteiger partial charge in [0.25, 0.3) is 11.1 Å². The molecule has 1 fully saturated rings. The first-order valence-electron chi connectivity index (χ1n) is 9.48. The van der Waals surface area contributed by atoms with Crippen molar-refractivity contribution in [2.45, 2.75) is 0 Å². The molecule has 1 aliphatic heterocycles. The predicted octanol–water partition coefficient (Wildman–Crippen LogP) is 5.28. The van der Waals surface area contributed by atoms with Crippen LogP contribution in [0.4, 0.5) is 10.5 Å². The van der Waals surface area contributed by atoms with E-state index < -0.39 is 17.1 Å². The van der Waals surface area contributed by atoms with Crippen LogP contribution in [0.2, 0.25) is 5.02 Å². The van der Waals surface area contributed by atoms with Crippen molar-refractivity contribution in [3.63, 3.8) is 0 Å². The maximum atomic E-state index is 12.7. The van der Waals surface area contributed by atoms with Gasteiger partial charge in [-0.3, -0.25) is 19.3 Å². The molecule has 2 aromatic carbocycles. The highest BCUT2D eigenvalue weighted by atomic mass is 35.5. The predicted molar refractivity (Wildman–Crippen MR) is 123 cm³/mol. The number of carbonyl (C=O) groups is 3. The number of thioether (sulfide) groups is 1. The third kappa shape index (κ3) is 4.87. The molecular formula is C23H17ClN2O5S. The molecule has 0 radical (unpaired) electrons. The van der Waals surface area contributed by atoms with Crippen molar-refractivity contribution in [3.05, 3.63) is 76.4 Å². The zero-order valence-corrected chi connectivity index (χ0v) is 18.4. The van der Waals surface area contributed by atoms with Gasteiger partial charge in [-0.15, -0.1) is 0 Å². The minimum absolute atomic E-state index is 0.180. The zero-order valence-electron chi connectivity index (χ0n) is 16.8. The van der Waals surface area contributed by atoms with Crippen molar-refractivity contribution in [2.24, 2.45) is 0 Å². The molecule has 1 aliphatic rings. The number of furan rings is 1. The van der Waals surface area contributed by atoms with Gasteiger partial charge >= 0.3 is 0 Å². The molecule has 0 atom stereocenters. The molecule has 3 amide bonds. The Morgan fingerprint density at radius 1 is 1.16 bits per heavy atom. The van der Waals surface area contributed by atoms with Crippen molar-refractivity contribution < 1.29 is 23.5 Å². The Morgan fingerprint density at radius 3 is 2.66 bits per heavy atom. The summed E-state index contributed by atoms with van der Waals surface area (Å²) >= 11 is 6.77. The van der Waals surface area contributed by atoms with Crippen molar-refractivity contribution >= 4 is 52.2 Å². The summed E-state index contributed by atoms with van der Waals surface area (Å²) in [5.41, 5.74) is 1.32. The number of rotatable bonds is 6. The molecule has 1 N–H and O–H groups in total. The highest BCUT2D eigenvalue weighted by Gasteiger charge is 2.36. The minimum atomic E-state index is -0.550. The lowest BCUT2D eigenvalue weighted by molar-refractivity contribution is -0.127. The second-order valence-electron chi connectivity index (χ2n) is 6.76. The summed E-state index contributed by atoms with van der Waals surface area (Å²) in [5, 5.41) is 2.71. The van der Waals surface area contributed by atoms with E-state index in [0.29, 0.717) is 28.0 Å². The summed E-state index contributed by atoms with van der Waals surface area (Å²) < 4.78 is 10.8. The molecule has 1 saturated heterocycles. The van der Waals surface area contributed by atoms with Crippen LogP contribution in [0, 0.1) is 0 Å². The van der Waals surface area contributed by atoms with Crippen LogP contribution >= 0.6 is 23.4 Å². The first-order valence-corrected chi connectivity index (χ1v) is 10.7. The number of hydrogen-bond acceptors (Lipinski definition) is 6. The van der Waals surface area contributed by atoms with E-state index in [1.54, 1.807) is 55.6 Å². The van der Waals surface area contributed by atoms with Crippen molar-refractivity contribution in [2.75, 3.05) is 19.0 Å². The maximum Gasteiger partial charge on any atom is 0.294 e. The van der Waals surface area contributed by atoms with E-state index in [0.717, 1.165) is 22.2 Å². The first-order chi connectivity index (χ1) is 15.4. The van der Waals surface area contributed by atoms with Crippen molar-refractivity contribution in [1.29, 1.82) is 0 Å². The molecule has 7 nitrogen and oxygen atoms in total. The summed E-state index contributed by atoms with van der Waals surface area (Å²) in [7, 11) is 1.54. The quantitative estimate of drug-likeness (QED) is 0.495. The van der Waals surface area contributed by atoms with E-state index in [4.69, 9.17) is 20.8 Å². The van der Waals surface area contributed by atoms with Gasteiger partial charge in [0.15, 0.2) is 0 Å². The van der Waals surface area contributed by atoms with Gasteiger partial charge in [0.1, 0.15) is 23.8 Å². The van der Waals surface area contributed by atoms with Gasteiger partial charge in [0, 0.05) is 22.3 Å². The Kier molecular flexibility index (Phi) is 6.34. The van der Waals surface area contributed by atoms with Gasteiger partial charge in [-0.1, -0.05) is 23.7 Å². The molecule has 32 heavy (non-hydrogen) atoms. The van der Waals surface area contributed by atoms with Crippen LogP contribution in [0.1, 0.15) is 5.76 Å². The number of imide groups is 1. The number of anilines is 1. The molecule has 1 aromatic heterocycles. The Labute approximate surface area is 193 Å². The average Bonchev–Trinajstić information content (AvgIpc) is 3.35. The van der Waals surface area contributed by atoms with Crippen LogP contribution in [-0.2, 0) is 9.59 Å². The standard InChI is InChI=1S/C23H17ClN2O5S/c1-30-17-7-5-16(6-8-17)25-21(27)13-26-22(28)20(32-23(26)29)12-18-9-10-19(31-18)14-3-2-4-15(24)11-14/h2-12H,13H2,1H3,(H,25,27)/b20-12+. The number of nitrogens with one attached hydrogen (secondary N) is 1. The summed E-state index contributed by atoms with van der Waals surface area (Å²) in [4.78, 5) is 38.4. The van der Waals surface area contributed by atoms with Crippen molar-refractivity contribution in [3.8, 4) is 17.1 Å². The average molecular weight is 469 g/mol. The number of halogens is 1. The Morgan fingerprint density at radius 2 is 1.94 bits per heavy atom. The molecule has 0 spiro atoms. The van der Waals surface area contributed by atoms with Crippen LogP contribution in [0.25, 0.3) is 17.4 Å². The number of nitrogens with zero attached hydrogens (tertiary/aromatic N) is 1. The van der Waals surface area contributed by atoms with E-state index in [-0.39, 0.29) is 11.4 Å². The monoisotopic (exact) mass is 468 g/mol. The molecule has 9 heteroatoms. The van der Waals surface area contributed by atoms with Gasteiger partial charge in [-0.25, -0.2) is 0 Å².